The quantitative estimate of drug-likeness (QED) is 0.895. The van der Waals surface area contributed by atoms with Gasteiger partial charge in [0.2, 0.25) is 0 Å². The standard InChI is InChI=1S/C15H21F3N2/c1-2-7-20(11-15(16,17)18)10-14-8-12-5-3-4-6-13(12)9-19-14/h3-6,14,19H,2,7-11H2,1H3. The SMILES string of the molecule is CCCN(CC1Cc2ccccc2CN1)CC(F)(F)F. The van der Waals surface area contributed by atoms with E-state index in [1.807, 2.05) is 19.1 Å². The van der Waals surface area contributed by atoms with E-state index in [4.69, 9.17) is 0 Å². The molecule has 0 amide bonds. The first-order valence-corrected chi connectivity index (χ1v) is 7.07. The number of halogens is 3. The molecule has 2 nitrogen and oxygen atoms in total. The molecule has 0 saturated carbocycles. The molecule has 0 aromatic heterocycles. The van der Waals surface area contributed by atoms with E-state index in [1.54, 1.807) is 0 Å². The van der Waals surface area contributed by atoms with Crippen LogP contribution in [0.25, 0.3) is 0 Å². The highest BCUT2D eigenvalue weighted by Gasteiger charge is 2.31. The minimum Gasteiger partial charge on any atom is -0.308 e. The van der Waals surface area contributed by atoms with E-state index in [-0.39, 0.29) is 6.04 Å². The Morgan fingerprint density at radius 1 is 1.25 bits per heavy atom. The van der Waals surface area contributed by atoms with Crippen LogP contribution >= 0.6 is 0 Å². The van der Waals surface area contributed by atoms with Crippen LogP contribution in [0.5, 0.6) is 0 Å². The van der Waals surface area contributed by atoms with Crippen LogP contribution in [-0.2, 0) is 13.0 Å². The van der Waals surface area contributed by atoms with Crippen LogP contribution in [0.2, 0.25) is 0 Å². The fourth-order valence-electron chi connectivity index (χ4n) is 2.77. The number of fused-ring (bicyclic) bond motifs is 1. The highest BCUT2D eigenvalue weighted by Crippen LogP contribution is 2.20. The van der Waals surface area contributed by atoms with Gasteiger partial charge in [-0.05, 0) is 30.5 Å². The van der Waals surface area contributed by atoms with Crippen LogP contribution in [0.15, 0.2) is 24.3 Å². The molecule has 0 bridgehead atoms. The second kappa shape index (κ2) is 6.59. The summed E-state index contributed by atoms with van der Waals surface area (Å²) in [7, 11) is 0. The van der Waals surface area contributed by atoms with E-state index < -0.39 is 12.7 Å². The van der Waals surface area contributed by atoms with Crippen molar-refractivity contribution >= 4 is 0 Å². The van der Waals surface area contributed by atoms with Gasteiger partial charge in [-0.2, -0.15) is 13.2 Å². The van der Waals surface area contributed by atoms with Gasteiger partial charge >= 0.3 is 6.18 Å². The predicted octanol–water partition coefficient (Wildman–Crippen LogP) is 2.98. The molecular formula is C15H21F3N2. The fraction of sp³-hybridized carbons (Fsp3) is 0.600. The van der Waals surface area contributed by atoms with Crippen LogP contribution in [0.1, 0.15) is 24.5 Å². The molecule has 5 heteroatoms. The maximum absolute atomic E-state index is 12.6. The molecule has 0 aliphatic carbocycles. The van der Waals surface area contributed by atoms with Crippen LogP contribution in [-0.4, -0.2) is 36.8 Å². The number of nitrogens with zero attached hydrogens (tertiary/aromatic N) is 1. The lowest BCUT2D eigenvalue weighted by atomic mass is 9.95. The second-order valence-corrected chi connectivity index (χ2v) is 5.40. The van der Waals surface area contributed by atoms with Gasteiger partial charge in [-0.25, -0.2) is 0 Å². The number of hydrogen-bond acceptors (Lipinski definition) is 2. The smallest absolute Gasteiger partial charge is 0.308 e. The topological polar surface area (TPSA) is 15.3 Å². The zero-order valence-electron chi connectivity index (χ0n) is 11.7. The highest BCUT2D eigenvalue weighted by molar-refractivity contribution is 5.29. The lowest BCUT2D eigenvalue weighted by Gasteiger charge is -2.32. The van der Waals surface area contributed by atoms with Gasteiger partial charge < -0.3 is 5.32 Å². The van der Waals surface area contributed by atoms with Gasteiger partial charge in [0.15, 0.2) is 0 Å². The Kier molecular flexibility index (Phi) is 5.05. The van der Waals surface area contributed by atoms with Crippen molar-refractivity contribution in [3.05, 3.63) is 35.4 Å². The van der Waals surface area contributed by atoms with E-state index in [0.29, 0.717) is 13.1 Å². The molecule has 1 aliphatic heterocycles. The first kappa shape index (κ1) is 15.3. The summed E-state index contributed by atoms with van der Waals surface area (Å²) in [5.41, 5.74) is 2.50. The summed E-state index contributed by atoms with van der Waals surface area (Å²) in [6.07, 6.45) is -2.59. The third kappa shape index (κ3) is 4.49. The van der Waals surface area contributed by atoms with E-state index in [2.05, 4.69) is 17.4 Å². The molecular weight excluding hydrogens is 265 g/mol. The maximum atomic E-state index is 12.6. The van der Waals surface area contributed by atoms with Crippen molar-refractivity contribution in [2.75, 3.05) is 19.6 Å². The molecule has 1 aliphatic rings. The Morgan fingerprint density at radius 2 is 1.95 bits per heavy atom. The Bertz CT molecular complexity index is 431. The summed E-state index contributed by atoms with van der Waals surface area (Å²) in [6.45, 7) is 2.77. The normalized spacial score (nSPS) is 19.1. The average Bonchev–Trinajstić information content (AvgIpc) is 2.37. The molecule has 0 fully saturated rings. The van der Waals surface area contributed by atoms with Crippen molar-refractivity contribution < 1.29 is 13.2 Å². The van der Waals surface area contributed by atoms with Gasteiger partial charge in [0.25, 0.3) is 0 Å². The van der Waals surface area contributed by atoms with E-state index in [9.17, 15) is 13.2 Å². The minimum absolute atomic E-state index is 0.0961. The molecule has 1 aromatic carbocycles. The number of nitrogens with one attached hydrogen (secondary N) is 1. The van der Waals surface area contributed by atoms with Crippen molar-refractivity contribution in [3.63, 3.8) is 0 Å². The monoisotopic (exact) mass is 286 g/mol. The number of rotatable bonds is 5. The highest BCUT2D eigenvalue weighted by atomic mass is 19.4. The Balaban J connectivity index is 1.95. The molecule has 1 N–H and O–H groups in total. The van der Waals surface area contributed by atoms with Crippen LogP contribution in [0.3, 0.4) is 0 Å². The summed E-state index contributed by atoms with van der Waals surface area (Å²) in [5.74, 6) is 0. The first-order chi connectivity index (χ1) is 9.48. The van der Waals surface area contributed by atoms with E-state index in [0.717, 1.165) is 19.4 Å². The van der Waals surface area contributed by atoms with Crippen LogP contribution in [0, 0.1) is 0 Å². The Labute approximate surface area is 118 Å². The summed E-state index contributed by atoms with van der Waals surface area (Å²) in [6, 6.07) is 8.21. The molecule has 0 saturated heterocycles. The number of alkyl halides is 3. The second-order valence-electron chi connectivity index (χ2n) is 5.40. The predicted molar refractivity (Wildman–Crippen MR) is 73.6 cm³/mol. The lowest BCUT2D eigenvalue weighted by molar-refractivity contribution is -0.146. The molecule has 2 rings (SSSR count). The number of hydrogen-bond donors (Lipinski definition) is 1. The summed E-state index contributed by atoms with van der Waals surface area (Å²) in [5, 5.41) is 3.34. The largest absolute Gasteiger partial charge is 0.401 e. The molecule has 0 spiro atoms. The van der Waals surface area contributed by atoms with Gasteiger partial charge in [0.1, 0.15) is 0 Å². The third-order valence-corrected chi connectivity index (χ3v) is 3.59. The van der Waals surface area contributed by atoms with Gasteiger partial charge in [-0.1, -0.05) is 31.2 Å². The summed E-state index contributed by atoms with van der Waals surface area (Å²) >= 11 is 0. The first-order valence-electron chi connectivity index (χ1n) is 7.07. The van der Waals surface area contributed by atoms with E-state index in [1.165, 1.54) is 16.0 Å². The molecule has 1 aromatic rings. The van der Waals surface area contributed by atoms with E-state index >= 15 is 0 Å². The van der Waals surface area contributed by atoms with Crippen molar-refractivity contribution in [2.45, 2.75) is 38.5 Å². The molecule has 1 heterocycles. The van der Waals surface area contributed by atoms with Crippen LogP contribution < -0.4 is 5.32 Å². The molecule has 1 unspecified atom stereocenters. The van der Waals surface area contributed by atoms with Crippen molar-refractivity contribution in [3.8, 4) is 0 Å². The summed E-state index contributed by atoms with van der Waals surface area (Å²) < 4.78 is 37.7. The Morgan fingerprint density at radius 3 is 2.60 bits per heavy atom. The zero-order chi connectivity index (χ0) is 14.6. The molecule has 20 heavy (non-hydrogen) atoms. The molecule has 112 valence electrons. The third-order valence-electron chi connectivity index (χ3n) is 3.59. The van der Waals surface area contributed by atoms with Crippen molar-refractivity contribution in [1.29, 1.82) is 0 Å². The fourth-order valence-corrected chi connectivity index (χ4v) is 2.77. The van der Waals surface area contributed by atoms with Gasteiger partial charge in [0, 0.05) is 19.1 Å². The van der Waals surface area contributed by atoms with Crippen LogP contribution in [0.4, 0.5) is 13.2 Å². The molecule has 0 radical (unpaired) electrons. The van der Waals surface area contributed by atoms with Crippen molar-refractivity contribution in [2.24, 2.45) is 0 Å². The molecule has 1 atom stereocenters. The Hall–Kier alpha value is -1.07. The van der Waals surface area contributed by atoms with Gasteiger partial charge in [-0.15, -0.1) is 0 Å². The lowest BCUT2D eigenvalue weighted by Crippen LogP contribution is -2.47. The van der Waals surface area contributed by atoms with Crippen molar-refractivity contribution in [1.82, 2.24) is 10.2 Å². The zero-order valence-corrected chi connectivity index (χ0v) is 11.7. The van der Waals surface area contributed by atoms with Gasteiger partial charge in [0.05, 0.1) is 6.54 Å². The maximum Gasteiger partial charge on any atom is 0.401 e. The minimum atomic E-state index is -4.12. The number of benzene rings is 1. The average molecular weight is 286 g/mol. The van der Waals surface area contributed by atoms with Gasteiger partial charge in [-0.3, -0.25) is 4.90 Å². The summed E-state index contributed by atoms with van der Waals surface area (Å²) in [4.78, 5) is 1.51.